The number of hydrogen-bond acceptors (Lipinski definition) is 4. The van der Waals surface area contributed by atoms with Crippen LogP contribution in [0, 0.1) is 5.92 Å². The Morgan fingerprint density at radius 1 is 1.30 bits per heavy atom. The topological polar surface area (TPSA) is 87.6 Å². The summed E-state index contributed by atoms with van der Waals surface area (Å²) in [6.45, 7) is 2.23. The molecule has 1 fully saturated rings. The Hall–Kier alpha value is -1.43. The van der Waals surface area contributed by atoms with Crippen LogP contribution in [0.1, 0.15) is 18.4 Å². The van der Waals surface area contributed by atoms with E-state index in [4.69, 9.17) is 20.9 Å². The van der Waals surface area contributed by atoms with Gasteiger partial charge in [0.2, 0.25) is 5.91 Å². The number of rotatable bonds is 6. The van der Waals surface area contributed by atoms with Gasteiger partial charge in [-0.3, -0.25) is 4.79 Å². The van der Waals surface area contributed by atoms with Crippen molar-refractivity contribution in [2.24, 2.45) is 17.4 Å². The molecule has 0 radical (unpaired) electrons. The first kappa shape index (κ1) is 15.0. The molecule has 5 heteroatoms. The minimum Gasteiger partial charge on any atom is -0.381 e. The third kappa shape index (κ3) is 3.56. The maximum Gasteiger partial charge on any atom is 0.244 e. The van der Waals surface area contributed by atoms with Crippen LogP contribution >= 0.6 is 0 Å². The van der Waals surface area contributed by atoms with E-state index in [9.17, 15) is 4.79 Å². The molecule has 1 amide bonds. The largest absolute Gasteiger partial charge is 0.381 e. The lowest BCUT2D eigenvalue weighted by atomic mass is 9.91. The van der Waals surface area contributed by atoms with E-state index in [1.807, 2.05) is 18.2 Å². The average molecular weight is 278 g/mol. The zero-order valence-electron chi connectivity index (χ0n) is 11.6. The molecule has 0 bridgehead atoms. The number of nitrogens with two attached hydrogens (primary N) is 2. The number of carbonyl (C=O) groups is 1. The van der Waals surface area contributed by atoms with Gasteiger partial charge in [-0.1, -0.05) is 30.3 Å². The molecule has 0 aliphatic carbocycles. The molecule has 1 aliphatic rings. The van der Waals surface area contributed by atoms with Crippen molar-refractivity contribution < 1.29 is 14.3 Å². The maximum absolute atomic E-state index is 11.7. The van der Waals surface area contributed by atoms with E-state index in [2.05, 4.69) is 0 Å². The fourth-order valence-electron chi connectivity index (χ4n) is 2.33. The SMILES string of the molecule is NC(=O)C(N)(COCC1CCOCC1)c1ccccc1. The summed E-state index contributed by atoms with van der Waals surface area (Å²) >= 11 is 0. The van der Waals surface area contributed by atoms with Gasteiger partial charge < -0.3 is 20.9 Å². The van der Waals surface area contributed by atoms with Gasteiger partial charge in [0.25, 0.3) is 0 Å². The zero-order chi connectivity index (χ0) is 14.4. The summed E-state index contributed by atoms with van der Waals surface area (Å²) in [6, 6.07) is 9.12. The van der Waals surface area contributed by atoms with Crippen LogP contribution in [-0.4, -0.2) is 32.3 Å². The lowest BCUT2D eigenvalue weighted by Crippen LogP contribution is -2.52. The van der Waals surface area contributed by atoms with Crippen molar-refractivity contribution in [1.29, 1.82) is 0 Å². The fourth-order valence-corrected chi connectivity index (χ4v) is 2.33. The standard InChI is InChI=1S/C15H22N2O3/c16-14(18)15(17,13-4-2-1-3-5-13)11-20-10-12-6-8-19-9-7-12/h1-5,12H,6-11,17H2,(H2,16,18). The van der Waals surface area contributed by atoms with E-state index in [-0.39, 0.29) is 6.61 Å². The monoisotopic (exact) mass is 278 g/mol. The maximum atomic E-state index is 11.7. The minimum absolute atomic E-state index is 0.101. The second-order valence-electron chi connectivity index (χ2n) is 5.27. The molecule has 1 atom stereocenters. The lowest BCUT2D eigenvalue weighted by molar-refractivity contribution is -0.126. The zero-order valence-corrected chi connectivity index (χ0v) is 11.6. The average Bonchev–Trinajstić information content (AvgIpc) is 2.49. The van der Waals surface area contributed by atoms with Gasteiger partial charge in [-0.2, -0.15) is 0 Å². The first-order valence-corrected chi connectivity index (χ1v) is 6.93. The van der Waals surface area contributed by atoms with Crippen LogP contribution in [0.15, 0.2) is 30.3 Å². The molecule has 1 heterocycles. The van der Waals surface area contributed by atoms with Gasteiger partial charge in [-0.25, -0.2) is 0 Å². The molecule has 4 N–H and O–H groups in total. The van der Waals surface area contributed by atoms with Crippen molar-refractivity contribution in [3.8, 4) is 0 Å². The summed E-state index contributed by atoms with van der Waals surface area (Å²) < 4.78 is 11.0. The summed E-state index contributed by atoms with van der Waals surface area (Å²) in [5.41, 5.74) is 11.0. The highest BCUT2D eigenvalue weighted by Gasteiger charge is 2.34. The summed E-state index contributed by atoms with van der Waals surface area (Å²) in [7, 11) is 0. The number of benzene rings is 1. The minimum atomic E-state index is -1.27. The van der Waals surface area contributed by atoms with E-state index in [0.717, 1.165) is 26.1 Å². The van der Waals surface area contributed by atoms with Crippen molar-refractivity contribution >= 4 is 5.91 Å². The Morgan fingerprint density at radius 3 is 2.55 bits per heavy atom. The number of primary amides is 1. The Labute approximate surface area is 119 Å². The third-order valence-electron chi connectivity index (χ3n) is 3.75. The quantitative estimate of drug-likeness (QED) is 0.804. The smallest absolute Gasteiger partial charge is 0.244 e. The highest BCUT2D eigenvalue weighted by molar-refractivity contribution is 5.86. The molecule has 0 spiro atoms. The van der Waals surface area contributed by atoms with Crippen LogP contribution in [-0.2, 0) is 19.8 Å². The van der Waals surface area contributed by atoms with Gasteiger partial charge in [-0.05, 0) is 24.3 Å². The Balaban J connectivity index is 1.94. The normalized spacial score (nSPS) is 19.4. The van der Waals surface area contributed by atoms with Crippen molar-refractivity contribution in [2.75, 3.05) is 26.4 Å². The summed E-state index contributed by atoms with van der Waals surface area (Å²) in [5, 5.41) is 0. The van der Waals surface area contributed by atoms with E-state index in [1.54, 1.807) is 12.1 Å². The third-order valence-corrected chi connectivity index (χ3v) is 3.75. The van der Waals surface area contributed by atoms with Crippen molar-refractivity contribution in [1.82, 2.24) is 0 Å². The molecule has 1 aromatic carbocycles. The highest BCUT2D eigenvalue weighted by Crippen LogP contribution is 2.20. The number of hydrogen-bond donors (Lipinski definition) is 2. The molecule has 0 aromatic heterocycles. The van der Waals surface area contributed by atoms with E-state index < -0.39 is 11.4 Å². The van der Waals surface area contributed by atoms with Gasteiger partial charge in [0, 0.05) is 19.8 Å². The van der Waals surface area contributed by atoms with Crippen LogP contribution in [0.25, 0.3) is 0 Å². The molecule has 0 saturated carbocycles. The van der Waals surface area contributed by atoms with Crippen LogP contribution in [0.5, 0.6) is 0 Å². The van der Waals surface area contributed by atoms with Gasteiger partial charge in [-0.15, -0.1) is 0 Å². The molecule has 110 valence electrons. The lowest BCUT2D eigenvalue weighted by Gasteiger charge is -2.28. The van der Waals surface area contributed by atoms with E-state index >= 15 is 0 Å². The molecule has 20 heavy (non-hydrogen) atoms. The Morgan fingerprint density at radius 2 is 1.95 bits per heavy atom. The molecular weight excluding hydrogens is 256 g/mol. The Bertz CT molecular complexity index is 432. The van der Waals surface area contributed by atoms with Gasteiger partial charge in [0.15, 0.2) is 0 Å². The van der Waals surface area contributed by atoms with Gasteiger partial charge >= 0.3 is 0 Å². The van der Waals surface area contributed by atoms with Crippen molar-refractivity contribution in [3.05, 3.63) is 35.9 Å². The van der Waals surface area contributed by atoms with E-state index in [0.29, 0.717) is 18.1 Å². The molecule has 1 saturated heterocycles. The molecule has 1 aliphatic heterocycles. The number of carbonyl (C=O) groups excluding carboxylic acids is 1. The van der Waals surface area contributed by atoms with E-state index in [1.165, 1.54) is 0 Å². The molecule has 1 aromatic rings. The second kappa shape index (κ2) is 6.83. The molecule has 5 nitrogen and oxygen atoms in total. The summed E-state index contributed by atoms with van der Waals surface area (Å²) in [5.74, 6) is -0.104. The molecule has 2 rings (SSSR count). The summed E-state index contributed by atoms with van der Waals surface area (Å²) in [6.07, 6.45) is 1.97. The molecular formula is C15H22N2O3. The Kier molecular flexibility index (Phi) is 5.11. The summed E-state index contributed by atoms with van der Waals surface area (Å²) in [4.78, 5) is 11.7. The predicted octanol–water partition coefficient (Wildman–Crippen LogP) is 0.769. The second-order valence-corrected chi connectivity index (χ2v) is 5.27. The van der Waals surface area contributed by atoms with Crippen molar-refractivity contribution in [2.45, 2.75) is 18.4 Å². The predicted molar refractivity (Wildman–Crippen MR) is 75.9 cm³/mol. The number of amides is 1. The van der Waals surface area contributed by atoms with Crippen LogP contribution in [0.3, 0.4) is 0 Å². The number of ether oxygens (including phenoxy) is 2. The highest BCUT2D eigenvalue weighted by atomic mass is 16.5. The fraction of sp³-hybridized carbons (Fsp3) is 0.533. The van der Waals surface area contributed by atoms with Crippen LogP contribution in [0.2, 0.25) is 0 Å². The van der Waals surface area contributed by atoms with Crippen LogP contribution < -0.4 is 11.5 Å². The van der Waals surface area contributed by atoms with Gasteiger partial charge in [0.05, 0.1) is 6.61 Å². The first-order chi connectivity index (χ1) is 9.63. The van der Waals surface area contributed by atoms with Crippen molar-refractivity contribution in [3.63, 3.8) is 0 Å². The molecule has 1 unspecified atom stereocenters. The first-order valence-electron chi connectivity index (χ1n) is 6.93. The van der Waals surface area contributed by atoms with Gasteiger partial charge in [0.1, 0.15) is 5.54 Å². The van der Waals surface area contributed by atoms with Crippen LogP contribution in [0.4, 0.5) is 0 Å².